The molecular weight excluding hydrogens is 619 g/mol. The van der Waals surface area contributed by atoms with Crippen molar-refractivity contribution in [1.29, 1.82) is 0 Å². The molecule has 2 saturated carbocycles. The molecule has 1 aliphatic heterocycles. The van der Waals surface area contributed by atoms with Gasteiger partial charge in [0.1, 0.15) is 23.6 Å². The third kappa shape index (κ3) is 8.31. The maximum atomic E-state index is 15.8. The molecule has 5 rings (SSSR count). The van der Waals surface area contributed by atoms with Crippen molar-refractivity contribution < 1.29 is 28.2 Å². The van der Waals surface area contributed by atoms with Gasteiger partial charge in [-0.1, -0.05) is 44.8 Å². The van der Waals surface area contributed by atoms with Crippen molar-refractivity contribution in [1.82, 2.24) is 35.6 Å². The fourth-order valence-electron chi connectivity index (χ4n) is 6.64. The van der Waals surface area contributed by atoms with Crippen LogP contribution in [-0.4, -0.2) is 107 Å². The molecule has 1 saturated heterocycles. The number of anilines is 1. The van der Waals surface area contributed by atoms with Crippen LogP contribution in [0.15, 0.2) is 22.8 Å². The molecule has 2 heterocycles. The zero-order chi connectivity index (χ0) is 34.5. The highest BCUT2D eigenvalue weighted by Gasteiger charge is 2.37. The number of aryl methyl sites for hydroxylation is 1. The first-order valence-corrected chi connectivity index (χ1v) is 17.2. The van der Waals surface area contributed by atoms with Crippen molar-refractivity contribution in [3.8, 4) is 0 Å². The molecule has 3 aliphatic rings. The van der Waals surface area contributed by atoms with E-state index in [9.17, 15) is 19.2 Å². The Hall–Kier alpha value is -4.07. The first-order valence-electron chi connectivity index (χ1n) is 17.2. The largest absolute Gasteiger partial charge is 0.338 e. The molecule has 14 heteroatoms. The molecule has 0 unspecified atom stereocenters. The van der Waals surface area contributed by atoms with Crippen molar-refractivity contribution in [3.05, 3.63) is 41.0 Å². The molecule has 1 aromatic carbocycles. The van der Waals surface area contributed by atoms with E-state index in [1.54, 1.807) is 29.8 Å². The number of carbonyl (C=O) groups excluding carboxylic acids is 4. The van der Waals surface area contributed by atoms with E-state index in [1.807, 2.05) is 14.0 Å². The zero-order valence-electron chi connectivity index (χ0n) is 28.6. The number of amides is 5. The summed E-state index contributed by atoms with van der Waals surface area (Å²) in [7, 11) is 3.72. The lowest BCUT2D eigenvalue weighted by atomic mass is 9.79. The maximum Gasteiger partial charge on any atom is 0.318 e. The van der Waals surface area contributed by atoms with Crippen LogP contribution in [0.5, 0.6) is 0 Å². The van der Waals surface area contributed by atoms with Gasteiger partial charge in [0.2, 0.25) is 11.8 Å². The average molecular weight is 669 g/mol. The van der Waals surface area contributed by atoms with E-state index in [1.165, 1.54) is 12.1 Å². The van der Waals surface area contributed by atoms with E-state index in [4.69, 9.17) is 4.63 Å². The van der Waals surface area contributed by atoms with Crippen LogP contribution in [0.4, 0.5) is 14.9 Å². The Bertz CT molecular complexity index is 1470. The predicted molar refractivity (Wildman–Crippen MR) is 177 cm³/mol. The highest BCUT2D eigenvalue weighted by molar-refractivity contribution is 6.01. The maximum absolute atomic E-state index is 15.8. The van der Waals surface area contributed by atoms with Crippen LogP contribution in [0.3, 0.4) is 0 Å². The van der Waals surface area contributed by atoms with Gasteiger partial charge in [-0.3, -0.25) is 14.4 Å². The summed E-state index contributed by atoms with van der Waals surface area (Å²) in [5, 5.41) is 16.0. The first-order chi connectivity index (χ1) is 23.0. The number of piperazine rings is 1. The van der Waals surface area contributed by atoms with Gasteiger partial charge in [-0.25, -0.2) is 13.8 Å². The molecule has 3 fully saturated rings. The smallest absolute Gasteiger partial charge is 0.318 e. The molecule has 1 aromatic heterocycles. The number of rotatable bonds is 11. The number of nitrogens with one attached hydrogen (secondary N) is 3. The number of nitrogens with zero attached hydrogens (tertiary/aromatic N) is 5. The molecule has 48 heavy (non-hydrogen) atoms. The predicted octanol–water partition coefficient (Wildman–Crippen LogP) is 3.38. The van der Waals surface area contributed by atoms with Crippen LogP contribution in [0, 0.1) is 17.7 Å². The number of hydrogen-bond donors (Lipinski definition) is 3. The summed E-state index contributed by atoms with van der Waals surface area (Å²) in [6, 6.07) is 2.42. The summed E-state index contributed by atoms with van der Waals surface area (Å²) in [4.78, 5) is 59.3. The van der Waals surface area contributed by atoms with E-state index in [2.05, 4.69) is 38.1 Å². The standard InChI is InChI=1S/C34H49FN8O5/c1-6-26-30(40-48-39-26)32(45)37-29(22-9-7-20(2)8-10-22)31(44)36-27-14-11-23(19-25(27)35)21(3)28(38-34(47)42(5)24-12-13-24)33(46)43-17-15-41(4)16-18-43/h11,14,19-22,24,28-29H,6-10,12-13,15-18H2,1-5H3,(H,36,44)(H,37,45)(H,38,47)/t20?,21-,22?,28+,29-/m0/s1. The van der Waals surface area contributed by atoms with Crippen LogP contribution >= 0.6 is 0 Å². The molecule has 13 nitrogen and oxygen atoms in total. The van der Waals surface area contributed by atoms with Crippen LogP contribution in [0.1, 0.15) is 87.0 Å². The van der Waals surface area contributed by atoms with E-state index in [-0.39, 0.29) is 35.3 Å². The molecule has 262 valence electrons. The monoisotopic (exact) mass is 668 g/mol. The molecule has 2 aliphatic carbocycles. The van der Waals surface area contributed by atoms with Crippen molar-refractivity contribution in [2.45, 2.75) is 89.8 Å². The van der Waals surface area contributed by atoms with E-state index in [0.717, 1.165) is 51.6 Å². The Morgan fingerprint density at radius 3 is 2.33 bits per heavy atom. The summed E-state index contributed by atoms with van der Waals surface area (Å²) in [5.41, 5.74) is 0.875. The Morgan fingerprint density at radius 2 is 1.71 bits per heavy atom. The summed E-state index contributed by atoms with van der Waals surface area (Å²) < 4.78 is 20.5. The van der Waals surface area contributed by atoms with Gasteiger partial charge in [-0.15, -0.1) is 0 Å². The Balaban J connectivity index is 1.33. The van der Waals surface area contributed by atoms with Crippen molar-refractivity contribution in [2.24, 2.45) is 11.8 Å². The Morgan fingerprint density at radius 1 is 1.02 bits per heavy atom. The second kappa shape index (κ2) is 15.4. The third-order valence-electron chi connectivity index (χ3n) is 10.3. The first kappa shape index (κ1) is 35.2. The van der Waals surface area contributed by atoms with E-state index < -0.39 is 35.6 Å². The number of carbonyl (C=O) groups is 4. The fraction of sp³-hybridized carbons (Fsp3) is 0.647. The zero-order valence-corrected chi connectivity index (χ0v) is 28.6. The Kier molecular flexibility index (Phi) is 11.3. The second-order valence-electron chi connectivity index (χ2n) is 13.8. The van der Waals surface area contributed by atoms with Gasteiger partial charge < -0.3 is 30.7 Å². The molecule has 5 amide bonds. The molecule has 3 N–H and O–H groups in total. The normalized spacial score (nSPS) is 21.9. The van der Waals surface area contributed by atoms with Gasteiger partial charge in [-0.2, -0.15) is 0 Å². The summed E-state index contributed by atoms with van der Waals surface area (Å²) in [6.07, 6.45) is 5.59. The third-order valence-corrected chi connectivity index (χ3v) is 10.3. The second-order valence-corrected chi connectivity index (χ2v) is 13.8. The SMILES string of the molecule is CCc1nonc1C(=O)N[C@H](C(=O)Nc1ccc([C@H](C)[C@@H](NC(=O)N(C)C2CC2)C(=O)N2CCN(C)CC2)cc1F)C1CCC(C)CC1. The van der Waals surface area contributed by atoms with Crippen molar-refractivity contribution >= 4 is 29.4 Å². The summed E-state index contributed by atoms with van der Waals surface area (Å²) in [6.45, 7) is 8.30. The summed E-state index contributed by atoms with van der Waals surface area (Å²) >= 11 is 0. The average Bonchev–Trinajstić information content (AvgIpc) is 3.82. The minimum atomic E-state index is -0.923. The molecular formula is C34H49FN8O5. The Labute approximate surface area is 281 Å². The van der Waals surface area contributed by atoms with Crippen molar-refractivity contribution in [3.63, 3.8) is 0 Å². The van der Waals surface area contributed by atoms with Gasteiger partial charge >= 0.3 is 6.03 Å². The number of benzene rings is 1. The fourth-order valence-corrected chi connectivity index (χ4v) is 6.64. The van der Waals surface area contributed by atoms with Crippen molar-refractivity contribution in [2.75, 3.05) is 45.6 Å². The van der Waals surface area contributed by atoms with Crippen LogP contribution in [0.2, 0.25) is 0 Å². The van der Waals surface area contributed by atoms with Gasteiger partial charge in [0.05, 0.1) is 5.69 Å². The lowest BCUT2D eigenvalue weighted by molar-refractivity contribution is -0.135. The molecule has 0 spiro atoms. The van der Waals surface area contributed by atoms with E-state index >= 15 is 4.39 Å². The number of hydrogen-bond acceptors (Lipinski definition) is 8. The van der Waals surface area contributed by atoms with Gasteiger partial charge in [0, 0.05) is 45.2 Å². The number of halogens is 1. The number of aromatic nitrogens is 2. The summed E-state index contributed by atoms with van der Waals surface area (Å²) in [5.74, 6) is -2.18. The minimum absolute atomic E-state index is 0.0279. The highest BCUT2D eigenvalue weighted by Crippen LogP contribution is 2.32. The van der Waals surface area contributed by atoms with Crippen LogP contribution < -0.4 is 16.0 Å². The van der Waals surface area contributed by atoms with E-state index in [0.29, 0.717) is 36.7 Å². The lowest BCUT2D eigenvalue weighted by Crippen LogP contribution is -2.57. The molecule has 3 atom stereocenters. The van der Waals surface area contributed by atoms with Gasteiger partial charge in [0.15, 0.2) is 5.69 Å². The van der Waals surface area contributed by atoms with Crippen LogP contribution in [-0.2, 0) is 16.0 Å². The lowest BCUT2D eigenvalue weighted by Gasteiger charge is -2.37. The molecule has 0 bridgehead atoms. The number of likely N-dealkylation sites (N-methyl/N-ethyl adjacent to an activating group) is 1. The van der Waals surface area contributed by atoms with Crippen LogP contribution in [0.25, 0.3) is 0 Å². The van der Waals surface area contributed by atoms with Gasteiger partial charge in [0.25, 0.3) is 5.91 Å². The molecule has 0 radical (unpaired) electrons. The minimum Gasteiger partial charge on any atom is -0.338 e. The molecule has 2 aromatic rings. The quantitative estimate of drug-likeness (QED) is 0.330. The highest BCUT2D eigenvalue weighted by atomic mass is 19.1. The van der Waals surface area contributed by atoms with Gasteiger partial charge in [-0.05, 0) is 73.8 Å². The number of urea groups is 1. The topological polar surface area (TPSA) is 153 Å².